The molecule has 2 saturated heterocycles. The lowest BCUT2D eigenvalue weighted by Gasteiger charge is -2.35. The quantitative estimate of drug-likeness (QED) is 0.652. The molecule has 1 N–H and O–H groups in total. The number of carbonyl (C=O) groups excluding carboxylic acids is 1. The van der Waals surface area contributed by atoms with Crippen LogP contribution in [0.5, 0.6) is 0 Å². The standard InChI is InChI=1S/C21H37N5O3S/c1-16-12-17(2)14-25(13-16)9-5-8-22-21(27)19-6-10-26(11-7-19)30(28,29)20-15-24(4)18(3)23-20/h15-17,19H,5-14H2,1-4H3,(H,22,27). The van der Waals surface area contributed by atoms with Crippen LogP contribution in [0.4, 0.5) is 0 Å². The van der Waals surface area contributed by atoms with Crippen molar-refractivity contribution in [2.45, 2.75) is 51.5 Å². The van der Waals surface area contributed by atoms with Crippen LogP contribution in [0.2, 0.25) is 0 Å². The Hall–Kier alpha value is -1.45. The van der Waals surface area contributed by atoms with Crippen molar-refractivity contribution in [3.63, 3.8) is 0 Å². The van der Waals surface area contributed by atoms with Crippen LogP contribution < -0.4 is 5.32 Å². The largest absolute Gasteiger partial charge is 0.356 e. The van der Waals surface area contributed by atoms with Gasteiger partial charge >= 0.3 is 0 Å². The SMILES string of the molecule is Cc1nc(S(=O)(=O)N2CCC(C(=O)NCCCN3CC(C)CC(C)C3)CC2)cn1C. The van der Waals surface area contributed by atoms with Gasteiger partial charge in [-0.2, -0.15) is 4.31 Å². The van der Waals surface area contributed by atoms with Crippen LogP contribution in [0.25, 0.3) is 0 Å². The lowest BCUT2D eigenvalue weighted by molar-refractivity contribution is -0.126. The number of hydrogen-bond acceptors (Lipinski definition) is 5. The first-order valence-electron chi connectivity index (χ1n) is 11.2. The van der Waals surface area contributed by atoms with Gasteiger partial charge in [0.05, 0.1) is 0 Å². The third-order valence-electron chi connectivity index (χ3n) is 6.41. The first-order valence-corrected chi connectivity index (χ1v) is 12.6. The van der Waals surface area contributed by atoms with Crippen LogP contribution in [0.1, 0.15) is 45.4 Å². The molecule has 2 aliphatic heterocycles. The van der Waals surface area contributed by atoms with Crippen molar-refractivity contribution in [2.75, 3.05) is 39.3 Å². The molecular weight excluding hydrogens is 402 g/mol. The highest BCUT2D eigenvalue weighted by Crippen LogP contribution is 2.24. The molecule has 1 aromatic heterocycles. The van der Waals surface area contributed by atoms with E-state index < -0.39 is 10.0 Å². The predicted molar refractivity (Wildman–Crippen MR) is 116 cm³/mol. The molecule has 0 aromatic carbocycles. The number of sulfonamides is 1. The van der Waals surface area contributed by atoms with Gasteiger partial charge in [-0.1, -0.05) is 13.8 Å². The average molecular weight is 440 g/mol. The van der Waals surface area contributed by atoms with Crippen LogP contribution in [0, 0.1) is 24.7 Å². The van der Waals surface area contributed by atoms with Crippen LogP contribution in [-0.4, -0.2) is 72.3 Å². The van der Waals surface area contributed by atoms with E-state index in [0.717, 1.165) is 37.9 Å². The number of rotatable bonds is 7. The number of nitrogens with zero attached hydrogens (tertiary/aromatic N) is 4. The number of nitrogens with one attached hydrogen (secondary N) is 1. The molecule has 30 heavy (non-hydrogen) atoms. The monoisotopic (exact) mass is 439 g/mol. The molecule has 0 bridgehead atoms. The highest BCUT2D eigenvalue weighted by molar-refractivity contribution is 7.89. The van der Waals surface area contributed by atoms with Crippen molar-refractivity contribution >= 4 is 15.9 Å². The Bertz CT molecular complexity index is 800. The number of imidazole rings is 1. The topological polar surface area (TPSA) is 87.5 Å². The Morgan fingerprint density at radius 1 is 1.20 bits per heavy atom. The summed E-state index contributed by atoms with van der Waals surface area (Å²) in [4.78, 5) is 19.2. The van der Waals surface area contributed by atoms with Crippen molar-refractivity contribution < 1.29 is 13.2 Å². The van der Waals surface area contributed by atoms with Gasteiger partial charge < -0.3 is 14.8 Å². The lowest BCUT2D eigenvalue weighted by Crippen LogP contribution is -2.44. The number of amides is 1. The molecule has 0 aliphatic carbocycles. The maximum atomic E-state index is 12.8. The fourth-order valence-corrected chi connectivity index (χ4v) is 6.27. The Labute approximate surface area is 181 Å². The maximum Gasteiger partial charge on any atom is 0.262 e. The zero-order valence-corrected chi connectivity index (χ0v) is 19.6. The van der Waals surface area contributed by atoms with Crippen LogP contribution in [0.15, 0.2) is 11.2 Å². The third kappa shape index (κ3) is 5.62. The molecule has 0 saturated carbocycles. The van der Waals surface area contributed by atoms with Gasteiger partial charge in [-0.3, -0.25) is 4.79 Å². The Morgan fingerprint density at radius 2 is 1.83 bits per heavy atom. The molecule has 3 rings (SSSR count). The Balaban J connectivity index is 1.40. The van der Waals surface area contributed by atoms with Crippen molar-refractivity contribution in [3.05, 3.63) is 12.0 Å². The summed E-state index contributed by atoms with van der Waals surface area (Å²) in [6.45, 7) is 11.1. The first kappa shape index (κ1) is 23.2. The number of likely N-dealkylation sites (tertiary alicyclic amines) is 1. The molecule has 2 fully saturated rings. The summed E-state index contributed by atoms with van der Waals surface area (Å²) in [6, 6.07) is 0. The number of aryl methyl sites for hydroxylation is 2. The minimum absolute atomic E-state index is 0.0566. The van der Waals surface area contributed by atoms with Crippen molar-refractivity contribution in [3.8, 4) is 0 Å². The smallest absolute Gasteiger partial charge is 0.262 e. The van der Waals surface area contributed by atoms with Gasteiger partial charge in [0.2, 0.25) is 5.91 Å². The van der Waals surface area contributed by atoms with E-state index in [1.54, 1.807) is 24.7 Å². The second-order valence-corrected chi connectivity index (χ2v) is 11.2. The number of carbonyl (C=O) groups is 1. The van der Waals surface area contributed by atoms with E-state index in [0.29, 0.717) is 38.3 Å². The minimum atomic E-state index is -3.59. The third-order valence-corrected chi connectivity index (χ3v) is 8.18. The summed E-state index contributed by atoms with van der Waals surface area (Å²) < 4.78 is 28.7. The van der Waals surface area contributed by atoms with Crippen molar-refractivity contribution in [1.82, 2.24) is 24.1 Å². The zero-order chi connectivity index (χ0) is 21.9. The number of hydrogen-bond donors (Lipinski definition) is 1. The second-order valence-electron chi connectivity index (χ2n) is 9.27. The molecule has 2 aliphatic rings. The van der Waals surface area contributed by atoms with Gasteiger partial charge in [0.25, 0.3) is 10.0 Å². The average Bonchev–Trinajstić information content (AvgIpc) is 3.04. The lowest BCUT2D eigenvalue weighted by atomic mass is 9.92. The van der Waals surface area contributed by atoms with E-state index in [1.165, 1.54) is 10.7 Å². The van der Waals surface area contributed by atoms with Gasteiger partial charge in [-0.05, 0) is 51.0 Å². The molecule has 9 heteroatoms. The van der Waals surface area contributed by atoms with Gasteiger partial charge in [0, 0.05) is 51.9 Å². The summed E-state index contributed by atoms with van der Waals surface area (Å²) in [5.74, 6) is 2.11. The van der Waals surface area contributed by atoms with Crippen LogP contribution >= 0.6 is 0 Å². The summed E-state index contributed by atoms with van der Waals surface area (Å²) in [5, 5.41) is 3.15. The molecule has 1 aromatic rings. The van der Waals surface area contributed by atoms with Gasteiger partial charge in [-0.15, -0.1) is 0 Å². The summed E-state index contributed by atoms with van der Waals surface area (Å²) >= 11 is 0. The van der Waals surface area contributed by atoms with Gasteiger partial charge in [-0.25, -0.2) is 13.4 Å². The van der Waals surface area contributed by atoms with Crippen LogP contribution in [0.3, 0.4) is 0 Å². The van der Waals surface area contributed by atoms with Crippen molar-refractivity contribution in [1.29, 1.82) is 0 Å². The van der Waals surface area contributed by atoms with E-state index >= 15 is 0 Å². The molecule has 8 nitrogen and oxygen atoms in total. The normalized spacial score (nSPS) is 24.8. The summed E-state index contributed by atoms with van der Waals surface area (Å²) in [5.41, 5.74) is 0. The Kier molecular flexibility index (Phi) is 7.57. The molecule has 2 atom stereocenters. The molecule has 0 spiro atoms. The fourth-order valence-electron chi connectivity index (χ4n) is 4.77. The van der Waals surface area contributed by atoms with Crippen molar-refractivity contribution in [2.24, 2.45) is 24.8 Å². The number of aromatic nitrogens is 2. The Morgan fingerprint density at radius 3 is 2.40 bits per heavy atom. The first-order chi connectivity index (χ1) is 14.2. The summed E-state index contributed by atoms with van der Waals surface area (Å²) in [6.07, 6.45) is 4.92. The van der Waals surface area contributed by atoms with E-state index in [1.807, 2.05) is 0 Å². The van der Waals surface area contributed by atoms with Gasteiger partial charge in [0.15, 0.2) is 5.03 Å². The molecule has 3 heterocycles. The van der Waals surface area contributed by atoms with Gasteiger partial charge in [0.1, 0.15) is 5.82 Å². The van der Waals surface area contributed by atoms with E-state index in [2.05, 4.69) is 29.0 Å². The van der Waals surface area contributed by atoms with E-state index in [9.17, 15) is 13.2 Å². The highest BCUT2D eigenvalue weighted by atomic mass is 32.2. The zero-order valence-electron chi connectivity index (χ0n) is 18.8. The second kappa shape index (κ2) is 9.78. The van der Waals surface area contributed by atoms with E-state index in [4.69, 9.17) is 0 Å². The van der Waals surface area contributed by atoms with E-state index in [-0.39, 0.29) is 16.9 Å². The fraction of sp³-hybridized carbons (Fsp3) is 0.810. The van der Waals surface area contributed by atoms with Crippen LogP contribution in [-0.2, 0) is 21.9 Å². The number of piperidine rings is 2. The molecule has 1 amide bonds. The molecule has 0 radical (unpaired) electrons. The highest BCUT2D eigenvalue weighted by Gasteiger charge is 2.33. The molecule has 2 unspecified atom stereocenters. The molecular formula is C21H37N5O3S. The predicted octanol–water partition coefficient (Wildman–Crippen LogP) is 1.61. The maximum absolute atomic E-state index is 12.8. The molecule has 170 valence electrons. The minimum Gasteiger partial charge on any atom is -0.356 e. The summed E-state index contributed by atoms with van der Waals surface area (Å²) in [7, 11) is -1.81.